The Hall–Kier alpha value is -1.06. The molecular weight excluding hydrogens is 149 g/mol. The van der Waals surface area contributed by atoms with Gasteiger partial charge in [-0.15, -0.1) is 0 Å². The van der Waals surface area contributed by atoms with Gasteiger partial charge in [0, 0.05) is 6.51 Å². The van der Waals surface area contributed by atoms with Crippen molar-refractivity contribution in [2.75, 3.05) is 6.51 Å². The van der Waals surface area contributed by atoms with Crippen molar-refractivity contribution < 1.29 is 13.5 Å². The molecule has 1 rings (SSSR count). The molecule has 1 aromatic rings. The third-order valence-corrected chi connectivity index (χ3v) is 1.16. The predicted molar refractivity (Wildman–Crippen MR) is 37.6 cm³/mol. The second kappa shape index (κ2) is 3.37. The van der Waals surface area contributed by atoms with Crippen LogP contribution in [0.15, 0.2) is 18.2 Å². The minimum Gasteiger partial charge on any atom is -0.500 e. The molecule has 0 aliphatic rings. The van der Waals surface area contributed by atoms with E-state index in [1.807, 2.05) is 0 Å². The van der Waals surface area contributed by atoms with Crippen LogP contribution < -0.4 is 4.74 Å². The molecule has 1 nitrogen and oxygen atoms in total. The van der Waals surface area contributed by atoms with E-state index in [1.54, 1.807) is 0 Å². The summed E-state index contributed by atoms with van der Waals surface area (Å²) >= 11 is 0. The van der Waals surface area contributed by atoms with Crippen LogP contribution in [0.25, 0.3) is 0 Å². The first kappa shape index (κ1) is 8.05. The zero-order valence-electron chi connectivity index (χ0n) is 5.68. The lowest BCUT2D eigenvalue weighted by molar-refractivity contribution is 0.351. The molecule has 0 atom stereocenters. The molecule has 0 aromatic heterocycles. The van der Waals surface area contributed by atoms with Gasteiger partial charge in [-0.2, -0.15) is 4.39 Å². The summed E-state index contributed by atoms with van der Waals surface area (Å²) in [6.07, 6.45) is 0. The minimum absolute atomic E-state index is 0.160. The van der Waals surface area contributed by atoms with E-state index >= 15 is 0 Å². The molecule has 0 amide bonds. The fraction of sp³-hybridized carbons (Fsp3) is 0.143. The van der Waals surface area contributed by atoms with Gasteiger partial charge in [0.15, 0.2) is 11.6 Å². The molecule has 2 radical (unpaired) electrons. The average molecular weight is 154 g/mol. The first-order valence-electron chi connectivity index (χ1n) is 3.02. The van der Waals surface area contributed by atoms with Crippen molar-refractivity contribution in [1.29, 1.82) is 0 Å². The van der Waals surface area contributed by atoms with Gasteiger partial charge in [0.25, 0.3) is 0 Å². The van der Waals surface area contributed by atoms with Crippen molar-refractivity contribution >= 4 is 7.85 Å². The Balaban J connectivity index is 2.96. The van der Waals surface area contributed by atoms with Crippen molar-refractivity contribution in [3.05, 3.63) is 29.8 Å². The predicted octanol–water partition coefficient (Wildman–Crippen LogP) is 1.47. The Morgan fingerprint density at radius 2 is 2.09 bits per heavy atom. The molecule has 4 heteroatoms. The molecule has 0 fully saturated rings. The standard InChI is InChI=1S/C7H5BF2O/c8-4-11-6-3-1-2-5(9)7(6)10/h1-3H,4H2. The molecule has 0 spiro atoms. The largest absolute Gasteiger partial charge is 0.500 e. The van der Waals surface area contributed by atoms with E-state index in [2.05, 4.69) is 4.74 Å². The second-order valence-electron chi connectivity index (χ2n) is 1.86. The van der Waals surface area contributed by atoms with Gasteiger partial charge >= 0.3 is 0 Å². The van der Waals surface area contributed by atoms with Gasteiger partial charge in [0.1, 0.15) is 7.85 Å². The van der Waals surface area contributed by atoms with Crippen LogP contribution >= 0.6 is 0 Å². The molecule has 1 aromatic carbocycles. The van der Waals surface area contributed by atoms with Crippen LogP contribution in [0.3, 0.4) is 0 Å². The summed E-state index contributed by atoms with van der Waals surface area (Å²) in [4.78, 5) is 0. The van der Waals surface area contributed by atoms with Crippen molar-refractivity contribution in [3.8, 4) is 5.75 Å². The molecule has 56 valence electrons. The van der Waals surface area contributed by atoms with Gasteiger partial charge in [-0.1, -0.05) is 6.07 Å². The number of hydrogen-bond acceptors (Lipinski definition) is 1. The lowest BCUT2D eigenvalue weighted by atomic mass is 10.2. The maximum atomic E-state index is 12.6. The van der Waals surface area contributed by atoms with E-state index in [9.17, 15) is 8.78 Å². The van der Waals surface area contributed by atoms with Crippen molar-refractivity contribution in [1.82, 2.24) is 0 Å². The van der Waals surface area contributed by atoms with Gasteiger partial charge in [0.05, 0.1) is 0 Å². The second-order valence-corrected chi connectivity index (χ2v) is 1.86. The van der Waals surface area contributed by atoms with Gasteiger partial charge < -0.3 is 4.74 Å². The fourth-order valence-electron chi connectivity index (χ4n) is 0.685. The molecule has 0 bridgehead atoms. The zero-order chi connectivity index (χ0) is 8.27. The lowest BCUT2D eigenvalue weighted by Crippen LogP contribution is -1.98. The van der Waals surface area contributed by atoms with Gasteiger partial charge in [-0.05, 0) is 12.1 Å². The van der Waals surface area contributed by atoms with E-state index < -0.39 is 11.6 Å². The Bertz CT molecular complexity index is 252. The number of benzene rings is 1. The Labute approximate surface area is 64.4 Å². The minimum atomic E-state index is -1.00. The maximum absolute atomic E-state index is 12.6. The Morgan fingerprint density at radius 3 is 2.73 bits per heavy atom. The van der Waals surface area contributed by atoms with Crippen molar-refractivity contribution in [2.45, 2.75) is 0 Å². The highest BCUT2D eigenvalue weighted by Crippen LogP contribution is 2.18. The SMILES string of the molecule is [B]COc1cccc(F)c1F. The molecular formula is C7H5BF2O. The van der Waals surface area contributed by atoms with Crippen LogP contribution in [-0.2, 0) is 0 Å². The normalized spacial score (nSPS) is 9.64. The third-order valence-electron chi connectivity index (χ3n) is 1.16. The zero-order valence-corrected chi connectivity index (χ0v) is 5.68. The van der Waals surface area contributed by atoms with Crippen LogP contribution in [0.4, 0.5) is 8.78 Å². The summed E-state index contributed by atoms with van der Waals surface area (Å²) in [6.45, 7) is -0.166. The molecule has 0 heterocycles. The summed E-state index contributed by atoms with van der Waals surface area (Å²) in [5.41, 5.74) is 0. The van der Waals surface area contributed by atoms with Crippen LogP contribution in [-0.4, -0.2) is 14.4 Å². The smallest absolute Gasteiger partial charge is 0.200 e. The monoisotopic (exact) mass is 154 g/mol. The van der Waals surface area contributed by atoms with Gasteiger partial charge in [-0.25, -0.2) is 4.39 Å². The van der Waals surface area contributed by atoms with E-state index in [1.165, 1.54) is 12.1 Å². The molecule has 0 aliphatic heterocycles. The van der Waals surface area contributed by atoms with Crippen LogP contribution in [0.2, 0.25) is 0 Å². The molecule has 0 saturated heterocycles. The fourth-order valence-corrected chi connectivity index (χ4v) is 0.685. The first-order chi connectivity index (χ1) is 5.25. The Kier molecular flexibility index (Phi) is 2.46. The maximum Gasteiger partial charge on any atom is 0.200 e. The van der Waals surface area contributed by atoms with Crippen LogP contribution in [0.1, 0.15) is 0 Å². The highest BCUT2D eigenvalue weighted by atomic mass is 19.2. The summed E-state index contributed by atoms with van der Waals surface area (Å²) in [7, 11) is 4.97. The average Bonchev–Trinajstić information content (AvgIpc) is 1.99. The molecule has 0 saturated carbocycles. The van der Waals surface area contributed by atoms with Gasteiger partial charge in [-0.3, -0.25) is 0 Å². The molecule has 0 aliphatic carbocycles. The van der Waals surface area contributed by atoms with Crippen molar-refractivity contribution in [3.63, 3.8) is 0 Å². The molecule has 0 N–H and O–H groups in total. The van der Waals surface area contributed by atoms with E-state index in [-0.39, 0.29) is 12.3 Å². The quantitative estimate of drug-likeness (QED) is 0.586. The highest BCUT2D eigenvalue weighted by molar-refractivity contribution is 6.08. The molecule has 0 unspecified atom stereocenters. The number of rotatable bonds is 2. The van der Waals surface area contributed by atoms with Crippen molar-refractivity contribution in [2.24, 2.45) is 0 Å². The Morgan fingerprint density at radius 1 is 1.36 bits per heavy atom. The first-order valence-corrected chi connectivity index (χ1v) is 3.02. The number of ether oxygens (including phenoxy) is 1. The summed E-state index contributed by atoms with van der Waals surface area (Å²) in [5.74, 6) is -2.10. The number of hydrogen-bond donors (Lipinski definition) is 0. The summed E-state index contributed by atoms with van der Waals surface area (Å²) in [5, 5.41) is 0. The number of halogens is 2. The summed E-state index contributed by atoms with van der Waals surface area (Å²) in [6, 6.07) is 3.67. The molecule has 11 heavy (non-hydrogen) atoms. The topological polar surface area (TPSA) is 9.23 Å². The summed E-state index contributed by atoms with van der Waals surface area (Å²) < 4.78 is 29.6. The van der Waals surface area contributed by atoms with E-state index in [0.717, 1.165) is 6.07 Å². The van der Waals surface area contributed by atoms with Crippen LogP contribution in [0.5, 0.6) is 5.75 Å². The third kappa shape index (κ3) is 1.70. The van der Waals surface area contributed by atoms with E-state index in [4.69, 9.17) is 7.85 Å². The lowest BCUT2D eigenvalue weighted by Gasteiger charge is -2.03. The van der Waals surface area contributed by atoms with Crippen LogP contribution in [0, 0.1) is 11.6 Å². The highest BCUT2D eigenvalue weighted by Gasteiger charge is 2.06. The van der Waals surface area contributed by atoms with E-state index in [0.29, 0.717) is 0 Å². The van der Waals surface area contributed by atoms with Gasteiger partial charge in [0.2, 0.25) is 5.82 Å².